The Morgan fingerprint density at radius 3 is 2.10 bits per heavy atom. The second-order valence-electron chi connectivity index (χ2n) is 5.60. The van der Waals surface area contributed by atoms with Gasteiger partial charge in [0.25, 0.3) is 0 Å². The molecule has 0 aliphatic carbocycles. The first kappa shape index (κ1) is 27.1. The zero-order chi connectivity index (χ0) is 22.5. The summed E-state index contributed by atoms with van der Waals surface area (Å²) in [5, 5.41) is 0. The van der Waals surface area contributed by atoms with Gasteiger partial charge in [-0.3, -0.25) is 4.90 Å². The van der Waals surface area contributed by atoms with E-state index in [4.69, 9.17) is 4.74 Å². The van der Waals surface area contributed by atoms with Gasteiger partial charge in [-0.1, -0.05) is 0 Å². The summed E-state index contributed by atoms with van der Waals surface area (Å²) in [6, 6.07) is 0. The molecule has 0 aromatic carbocycles. The van der Waals surface area contributed by atoms with E-state index in [1.165, 1.54) is 10.7 Å². The molecule has 1 aliphatic heterocycles. The number of imidazole rings is 1. The van der Waals surface area contributed by atoms with Crippen LogP contribution in [-0.4, -0.2) is 44.7 Å². The molecule has 1 atom stereocenters. The summed E-state index contributed by atoms with van der Waals surface area (Å²) < 4.78 is 88.0. The predicted octanol–water partition coefficient (Wildman–Crippen LogP) is 2.59. The summed E-state index contributed by atoms with van der Waals surface area (Å²) in [6.07, 6.45) is 11.2. The number of aromatic nitrogens is 2. The molecule has 2 heterocycles. The van der Waals surface area contributed by atoms with Crippen LogP contribution in [0.2, 0.25) is 0 Å². The zero-order valence-corrected chi connectivity index (χ0v) is 16.1. The monoisotopic (exact) mass is 438 g/mol. The van der Waals surface area contributed by atoms with Crippen LogP contribution in [0.3, 0.4) is 0 Å². The quantitative estimate of drug-likeness (QED) is 0.288. The van der Waals surface area contributed by atoms with Crippen molar-refractivity contribution in [2.75, 3.05) is 19.8 Å². The highest BCUT2D eigenvalue weighted by molar-refractivity contribution is 6.50. The molecule has 15 heteroatoms. The highest BCUT2D eigenvalue weighted by atomic mass is 19.5. The number of amidine groups is 1. The maximum absolute atomic E-state index is 9.75. The summed E-state index contributed by atoms with van der Waals surface area (Å²) in [7, 11) is -12.0. The van der Waals surface area contributed by atoms with Gasteiger partial charge < -0.3 is 39.3 Å². The van der Waals surface area contributed by atoms with Crippen LogP contribution in [0.4, 0.5) is 34.5 Å². The fourth-order valence-electron chi connectivity index (χ4n) is 2.14. The second kappa shape index (κ2) is 13.4. The lowest BCUT2D eigenvalue weighted by Gasteiger charge is -2.09. The summed E-state index contributed by atoms with van der Waals surface area (Å²) in [4.78, 5) is 5.71. The fourth-order valence-corrected chi connectivity index (χ4v) is 2.14. The molecule has 1 unspecified atom stereocenters. The van der Waals surface area contributed by atoms with Gasteiger partial charge in [-0.2, -0.15) is 0 Å². The number of rotatable bonds is 8. The highest BCUT2D eigenvalue weighted by Crippen LogP contribution is 2.07. The standard InChI is InChI=1S/C14H23N4O.2BF4/c1-3-16-8-9-17(13-16)10-12-19-11-5-14-15-6-7-18(14)4-2;2*2-1(3,4)5/h6-9,13H,3-5,10-12H2,1-2H3;;/q+1;2*-1/p+1. The molecule has 0 spiro atoms. The Balaban J connectivity index is 0.000000653. The zero-order valence-electron chi connectivity index (χ0n) is 16.1. The first-order chi connectivity index (χ1) is 13.3. The van der Waals surface area contributed by atoms with Gasteiger partial charge in [0.1, 0.15) is 25.1 Å². The van der Waals surface area contributed by atoms with Crippen molar-refractivity contribution in [3.63, 3.8) is 0 Å². The number of nitrogens with one attached hydrogen (secondary N) is 1. The van der Waals surface area contributed by atoms with Crippen LogP contribution < -0.4 is 9.47 Å². The lowest BCUT2D eigenvalue weighted by molar-refractivity contribution is -0.743. The Bertz CT molecular complexity index is 610. The van der Waals surface area contributed by atoms with E-state index < -0.39 is 14.5 Å². The first-order valence-corrected chi connectivity index (χ1v) is 8.80. The Kier molecular flexibility index (Phi) is 12.5. The van der Waals surface area contributed by atoms with Crippen molar-refractivity contribution in [2.24, 2.45) is 4.99 Å². The van der Waals surface area contributed by atoms with Crippen LogP contribution in [-0.2, 0) is 17.8 Å². The maximum Gasteiger partial charge on any atom is 0.673 e. The van der Waals surface area contributed by atoms with Crippen molar-refractivity contribution in [1.29, 1.82) is 0 Å². The number of aryl methyl sites for hydroxylation is 1. The van der Waals surface area contributed by atoms with Crippen LogP contribution in [0, 0.1) is 0 Å². The van der Waals surface area contributed by atoms with E-state index in [-0.39, 0.29) is 0 Å². The number of ether oxygens (including phenoxy) is 1. The highest BCUT2D eigenvalue weighted by Gasteiger charge is 2.21. The average Bonchev–Trinajstić information content (AvgIpc) is 3.20. The molecule has 1 aromatic heterocycles. The smallest absolute Gasteiger partial charge is 0.418 e. The summed E-state index contributed by atoms with van der Waals surface area (Å²) in [6.45, 7) is 8.77. The molecular formula is C14H24B2F8N4O. The molecular weight excluding hydrogens is 414 g/mol. The lowest BCUT2D eigenvalue weighted by Crippen LogP contribution is -3.09. The minimum absolute atomic E-state index is 0.749. The van der Waals surface area contributed by atoms with Gasteiger partial charge in [0.15, 0.2) is 0 Å². The van der Waals surface area contributed by atoms with E-state index in [0.717, 1.165) is 39.3 Å². The molecule has 1 N–H and O–H groups in total. The largest absolute Gasteiger partial charge is 0.673 e. The van der Waals surface area contributed by atoms with Crippen molar-refractivity contribution >= 4 is 20.3 Å². The van der Waals surface area contributed by atoms with Crippen LogP contribution in [0.1, 0.15) is 20.3 Å². The third kappa shape index (κ3) is 17.9. The number of nitrogens with zero attached hydrogens (tertiary/aromatic N) is 3. The number of hydrogen-bond acceptors (Lipinski definition) is 2. The van der Waals surface area contributed by atoms with Gasteiger partial charge in [-0.05, 0) is 13.8 Å². The van der Waals surface area contributed by atoms with Gasteiger partial charge in [0.2, 0.25) is 12.2 Å². The van der Waals surface area contributed by atoms with Crippen LogP contribution in [0.25, 0.3) is 0 Å². The van der Waals surface area contributed by atoms with Gasteiger partial charge in [-0.25, -0.2) is 14.1 Å². The summed E-state index contributed by atoms with van der Waals surface area (Å²) in [5.74, 6) is 1.19. The van der Waals surface area contributed by atoms with E-state index in [1.54, 1.807) is 0 Å². The fraction of sp³-hybridized carbons (Fsp3) is 0.571. The predicted molar refractivity (Wildman–Crippen MR) is 94.2 cm³/mol. The van der Waals surface area contributed by atoms with Gasteiger partial charge in [0.05, 0.1) is 38.9 Å². The van der Waals surface area contributed by atoms with Crippen LogP contribution >= 0.6 is 0 Å². The minimum Gasteiger partial charge on any atom is -0.418 e. The normalized spacial score (nSPS) is 15.9. The molecule has 0 radical (unpaired) electrons. The lowest BCUT2D eigenvalue weighted by atomic mass is 10.3. The minimum atomic E-state index is -6.00. The third-order valence-electron chi connectivity index (χ3n) is 3.35. The third-order valence-corrected chi connectivity index (χ3v) is 3.35. The van der Waals surface area contributed by atoms with Crippen molar-refractivity contribution in [1.82, 2.24) is 4.57 Å². The second-order valence-corrected chi connectivity index (χ2v) is 5.60. The Morgan fingerprint density at radius 2 is 1.62 bits per heavy atom. The van der Waals surface area contributed by atoms with Crippen LogP contribution in [0.15, 0.2) is 36.1 Å². The van der Waals surface area contributed by atoms with E-state index in [0.29, 0.717) is 0 Å². The molecule has 5 nitrogen and oxygen atoms in total. The molecule has 29 heavy (non-hydrogen) atoms. The Morgan fingerprint density at radius 1 is 1.03 bits per heavy atom. The van der Waals surface area contributed by atoms with Crippen LogP contribution in [0.5, 0.6) is 0 Å². The van der Waals surface area contributed by atoms with Crippen molar-refractivity contribution < 1.29 is 48.7 Å². The summed E-state index contributed by atoms with van der Waals surface area (Å²) >= 11 is 0. The average molecular weight is 438 g/mol. The SMILES string of the molecule is CC[n+]1ccn(CCOCCC2=NC=C[NH+]2CC)c1.F[B-](F)(F)F.F[B-](F)(F)F. The Hall–Kier alpha value is -1.89. The number of quaternary nitrogens is 1. The molecule has 0 amide bonds. The van der Waals surface area contributed by atoms with E-state index in [1.807, 2.05) is 6.20 Å². The molecule has 0 fully saturated rings. The molecule has 0 bridgehead atoms. The number of hydrogen-bond donors (Lipinski definition) is 1. The molecule has 1 aromatic rings. The van der Waals surface area contributed by atoms with E-state index in [2.05, 4.69) is 52.9 Å². The number of aliphatic imine (C=N–C) groups is 1. The van der Waals surface area contributed by atoms with Gasteiger partial charge in [-0.15, -0.1) is 0 Å². The van der Waals surface area contributed by atoms with Crippen molar-refractivity contribution in [3.05, 3.63) is 31.1 Å². The maximum atomic E-state index is 9.75. The Labute approximate surface area is 163 Å². The van der Waals surface area contributed by atoms with E-state index >= 15 is 0 Å². The molecule has 2 rings (SSSR count). The summed E-state index contributed by atoms with van der Waals surface area (Å²) in [5.41, 5.74) is 0. The molecule has 0 saturated heterocycles. The van der Waals surface area contributed by atoms with Crippen molar-refractivity contribution in [2.45, 2.75) is 33.4 Å². The van der Waals surface area contributed by atoms with Crippen molar-refractivity contribution in [3.8, 4) is 0 Å². The molecule has 0 saturated carbocycles. The molecule has 168 valence electrons. The topological polar surface area (TPSA) is 34.8 Å². The van der Waals surface area contributed by atoms with E-state index in [9.17, 15) is 34.5 Å². The van der Waals surface area contributed by atoms with Gasteiger partial charge >= 0.3 is 14.5 Å². The first-order valence-electron chi connectivity index (χ1n) is 8.80. The van der Waals surface area contributed by atoms with Gasteiger partial charge in [0, 0.05) is 0 Å². The molecule has 1 aliphatic rings. The number of halogens is 8.